The molecular formula is C19H32O2. The number of aliphatic hydroxyl groups is 2. The predicted octanol–water partition coefficient (Wildman–Crippen LogP) is 3.61. The minimum absolute atomic E-state index is 0.177. The molecule has 0 saturated heterocycles. The summed E-state index contributed by atoms with van der Waals surface area (Å²) in [5.41, 5.74) is 0. The molecule has 21 heavy (non-hydrogen) atoms. The largest absolute Gasteiger partial charge is 0.393 e. The van der Waals surface area contributed by atoms with Crippen molar-refractivity contribution in [2.24, 2.45) is 41.4 Å². The Kier molecular flexibility index (Phi) is 3.82. The third-order valence-corrected chi connectivity index (χ3v) is 7.94. The average molecular weight is 292 g/mol. The van der Waals surface area contributed by atoms with Crippen LogP contribution in [0.25, 0.3) is 0 Å². The Bertz CT molecular complexity index is 380. The molecule has 9 atom stereocenters. The normalized spacial score (nSPS) is 54.4. The fourth-order valence-corrected chi connectivity index (χ4v) is 6.91. The molecule has 0 aliphatic heterocycles. The molecule has 120 valence electrons. The maximum absolute atomic E-state index is 11.2. The number of rotatable bonds is 2. The standard InChI is InChI=1S/C19H32O2/c1-11-13-6-7-14(10-13)17(11)19(21)18-15-5-3-2-4-12(15)8-9-16(18)20/h11-21H,2-10H2,1H3. The Morgan fingerprint density at radius 1 is 0.810 bits per heavy atom. The first-order chi connectivity index (χ1) is 10.2. The Labute approximate surface area is 129 Å². The van der Waals surface area contributed by atoms with Gasteiger partial charge >= 0.3 is 0 Å². The van der Waals surface area contributed by atoms with Crippen LogP contribution in [0.4, 0.5) is 0 Å². The molecule has 2 N–H and O–H groups in total. The Morgan fingerprint density at radius 3 is 2.29 bits per heavy atom. The Balaban J connectivity index is 1.55. The summed E-state index contributed by atoms with van der Waals surface area (Å²) in [6.45, 7) is 2.37. The third-order valence-electron chi connectivity index (χ3n) is 7.94. The lowest BCUT2D eigenvalue weighted by Crippen LogP contribution is -2.50. The van der Waals surface area contributed by atoms with Gasteiger partial charge in [-0.15, -0.1) is 0 Å². The molecule has 4 aliphatic carbocycles. The molecule has 0 amide bonds. The molecule has 0 spiro atoms. The maximum Gasteiger partial charge on any atom is 0.0629 e. The molecule has 4 fully saturated rings. The fourth-order valence-electron chi connectivity index (χ4n) is 6.91. The molecule has 0 heterocycles. The van der Waals surface area contributed by atoms with Gasteiger partial charge in [0.05, 0.1) is 12.2 Å². The number of aliphatic hydroxyl groups excluding tert-OH is 2. The lowest BCUT2D eigenvalue weighted by Gasteiger charge is -2.48. The summed E-state index contributed by atoms with van der Waals surface area (Å²) < 4.78 is 0. The number of fused-ring (bicyclic) bond motifs is 3. The highest BCUT2D eigenvalue weighted by Crippen LogP contribution is 2.56. The van der Waals surface area contributed by atoms with Crippen LogP contribution in [0.3, 0.4) is 0 Å². The minimum atomic E-state index is -0.245. The van der Waals surface area contributed by atoms with Crippen molar-refractivity contribution < 1.29 is 10.2 Å². The molecule has 0 aromatic heterocycles. The smallest absolute Gasteiger partial charge is 0.0629 e. The topological polar surface area (TPSA) is 40.5 Å². The van der Waals surface area contributed by atoms with Crippen molar-refractivity contribution in [2.45, 2.75) is 76.9 Å². The summed E-state index contributed by atoms with van der Waals surface area (Å²) in [5, 5.41) is 21.9. The van der Waals surface area contributed by atoms with Crippen molar-refractivity contribution >= 4 is 0 Å². The highest BCUT2D eigenvalue weighted by atomic mass is 16.3. The van der Waals surface area contributed by atoms with Gasteiger partial charge in [0.1, 0.15) is 0 Å². The van der Waals surface area contributed by atoms with Gasteiger partial charge in [0.2, 0.25) is 0 Å². The van der Waals surface area contributed by atoms with Gasteiger partial charge in [-0.05, 0) is 74.0 Å². The van der Waals surface area contributed by atoms with E-state index in [2.05, 4.69) is 6.92 Å². The zero-order valence-corrected chi connectivity index (χ0v) is 13.5. The molecule has 2 bridgehead atoms. The van der Waals surface area contributed by atoms with Crippen LogP contribution in [0.15, 0.2) is 0 Å². The summed E-state index contributed by atoms with van der Waals surface area (Å²) in [6.07, 6.45) is 11.0. The van der Waals surface area contributed by atoms with E-state index < -0.39 is 0 Å². The van der Waals surface area contributed by atoms with Crippen LogP contribution < -0.4 is 0 Å². The summed E-state index contributed by atoms with van der Waals surface area (Å²) in [7, 11) is 0. The summed E-state index contributed by atoms with van der Waals surface area (Å²) in [4.78, 5) is 0. The summed E-state index contributed by atoms with van der Waals surface area (Å²) in [6, 6.07) is 0. The van der Waals surface area contributed by atoms with Gasteiger partial charge in [0, 0.05) is 5.92 Å². The third kappa shape index (κ3) is 2.28. The first kappa shape index (κ1) is 14.5. The van der Waals surface area contributed by atoms with Crippen molar-refractivity contribution in [1.29, 1.82) is 0 Å². The van der Waals surface area contributed by atoms with Crippen molar-refractivity contribution in [3.63, 3.8) is 0 Å². The SMILES string of the molecule is CC1C2CCC(C2)C1C(O)C1C(O)CCC2CCCCC21. The van der Waals surface area contributed by atoms with E-state index in [1.807, 2.05) is 0 Å². The number of hydrogen-bond acceptors (Lipinski definition) is 2. The van der Waals surface area contributed by atoms with Crippen molar-refractivity contribution in [1.82, 2.24) is 0 Å². The van der Waals surface area contributed by atoms with Gasteiger partial charge in [-0.2, -0.15) is 0 Å². The van der Waals surface area contributed by atoms with Crippen molar-refractivity contribution in [3.05, 3.63) is 0 Å². The number of hydrogen-bond donors (Lipinski definition) is 2. The monoisotopic (exact) mass is 292 g/mol. The van der Waals surface area contributed by atoms with Gasteiger partial charge in [0.25, 0.3) is 0 Å². The van der Waals surface area contributed by atoms with Crippen molar-refractivity contribution in [2.75, 3.05) is 0 Å². The van der Waals surface area contributed by atoms with Crippen LogP contribution in [-0.4, -0.2) is 22.4 Å². The van der Waals surface area contributed by atoms with Crippen LogP contribution in [0.2, 0.25) is 0 Å². The molecule has 4 rings (SSSR count). The van der Waals surface area contributed by atoms with Gasteiger partial charge in [-0.3, -0.25) is 0 Å². The quantitative estimate of drug-likeness (QED) is 0.816. The zero-order chi connectivity index (χ0) is 14.6. The van der Waals surface area contributed by atoms with Crippen LogP contribution >= 0.6 is 0 Å². The molecule has 0 aromatic rings. The average Bonchev–Trinajstić information content (AvgIpc) is 3.07. The zero-order valence-electron chi connectivity index (χ0n) is 13.5. The predicted molar refractivity (Wildman–Crippen MR) is 83.7 cm³/mol. The molecule has 2 nitrogen and oxygen atoms in total. The molecule has 0 radical (unpaired) electrons. The molecular weight excluding hydrogens is 260 g/mol. The summed E-state index contributed by atoms with van der Waals surface area (Å²) in [5.74, 6) is 4.32. The van der Waals surface area contributed by atoms with E-state index in [-0.39, 0.29) is 18.1 Å². The lowest BCUT2D eigenvalue weighted by atomic mass is 9.60. The van der Waals surface area contributed by atoms with Gasteiger partial charge in [-0.1, -0.05) is 26.2 Å². The molecule has 2 heteroatoms. The Morgan fingerprint density at radius 2 is 1.52 bits per heavy atom. The lowest BCUT2D eigenvalue weighted by molar-refractivity contribution is -0.109. The fraction of sp³-hybridized carbons (Fsp3) is 1.00. The first-order valence-corrected chi connectivity index (χ1v) is 9.53. The van der Waals surface area contributed by atoms with E-state index >= 15 is 0 Å². The van der Waals surface area contributed by atoms with Gasteiger partial charge < -0.3 is 10.2 Å². The van der Waals surface area contributed by atoms with Crippen LogP contribution in [0.5, 0.6) is 0 Å². The van der Waals surface area contributed by atoms with E-state index in [0.29, 0.717) is 17.8 Å². The molecule has 9 unspecified atom stereocenters. The highest BCUT2D eigenvalue weighted by molar-refractivity contribution is 5.02. The van der Waals surface area contributed by atoms with E-state index in [1.54, 1.807) is 0 Å². The van der Waals surface area contributed by atoms with E-state index in [0.717, 1.165) is 24.2 Å². The summed E-state index contributed by atoms with van der Waals surface area (Å²) >= 11 is 0. The van der Waals surface area contributed by atoms with Crippen molar-refractivity contribution in [3.8, 4) is 0 Å². The second-order valence-corrected chi connectivity index (χ2v) is 8.69. The van der Waals surface area contributed by atoms with E-state index in [1.165, 1.54) is 51.4 Å². The Hall–Kier alpha value is -0.0800. The molecule has 0 aromatic carbocycles. The van der Waals surface area contributed by atoms with Crippen LogP contribution in [-0.2, 0) is 0 Å². The first-order valence-electron chi connectivity index (χ1n) is 9.53. The molecule has 4 aliphatic rings. The second kappa shape index (κ2) is 5.53. The van der Waals surface area contributed by atoms with Crippen LogP contribution in [0, 0.1) is 41.4 Å². The maximum atomic E-state index is 11.2. The van der Waals surface area contributed by atoms with E-state index in [9.17, 15) is 10.2 Å². The highest BCUT2D eigenvalue weighted by Gasteiger charge is 2.53. The molecule has 4 saturated carbocycles. The second-order valence-electron chi connectivity index (χ2n) is 8.69. The van der Waals surface area contributed by atoms with E-state index in [4.69, 9.17) is 0 Å². The van der Waals surface area contributed by atoms with Gasteiger partial charge in [-0.25, -0.2) is 0 Å². The van der Waals surface area contributed by atoms with Crippen LogP contribution in [0.1, 0.15) is 64.7 Å². The van der Waals surface area contributed by atoms with Gasteiger partial charge in [0.15, 0.2) is 0 Å². The minimum Gasteiger partial charge on any atom is -0.393 e.